The minimum absolute atomic E-state index is 0.0143. The standard InChI is InChI=1S/C96H122IN5O27S3/c1-52-44-76(121-51-63(52)45-54(3)103)127-88-83(113)81(101-129-77-48-70(107)89(60(9)123-77)131-91(116)78-56(5)80(97)86(57(6)85(78)119-12)128-92-84(114)87(120-13)82(112)59(8)125-92)58(7)124-93(88)126-72-28-20-14-15-22-38-96(118)49-71(108)66(46-55(4)104)79(72)67(96)37-42-130-132-95(10,11)39-36-65(105)27-24-40-98-94(117)122-50-62-30-32-64(33-31-62)99-90(115)53(2)43-69(106)68(47-61-25-18-16-19-26-61)100-73(109)29-21-17-23-41-102-74(110)34-35-75(102)111/h14-16,18-19,25-26,30-35,37,52-53,58-60,63,68,70,72,76-77,81-84,87-89,92-93,101,107,112-114,118H,17,21,23-24,27,29,36,39-51H2,1-13H3,(H,98,117)(H,99,115)(H,100,109)/b15-14-,67-37-/t52?,53-,58?,59?,60?,63?,68+,70?,72+,76?,77?,81?,82?,83?,84?,87?,88?,89?,92?,93?,96+/m1/s1. The van der Waals surface area contributed by atoms with Crippen LogP contribution >= 0.6 is 55.9 Å². The molecule has 5 heterocycles. The molecule has 0 aromatic heterocycles. The molecule has 2 aliphatic carbocycles. The molecule has 5 amide bonds. The summed E-state index contributed by atoms with van der Waals surface area (Å²) in [5.41, 5.74) is 4.02. The zero-order valence-electron chi connectivity index (χ0n) is 76.5. The van der Waals surface area contributed by atoms with Gasteiger partial charge in [-0.05, 0) is 170 Å². The molecule has 21 atom stereocenters. The number of carbonyl (C=O) groups excluding carboxylic acids is 11. The van der Waals surface area contributed by atoms with Crippen LogP contribution in [0.15, 0.2) is 102 Å². The third-order valence-corrected chi connectivity index (χ3v) is 30.0. The Bertz CT molecular complexity index is 4880. The number of hydroxylamine groups is 1. The number of ether oxygens (including phenoxy) is 10. The number of anilines is 1. The molecule has 2 bridgehead atoms. The van der Waals surface area contributed by atoms with Crippen molar-refractivity contribution in [1.29, 1.82) is 0 Å². The van der Waals surface area contributed by atoms with E-state index in [-0.39, 0.29) is 176 Å². The number of nitrogens with zero attached hydrogens (tertiary/aromatic N) is 1. The van der Waals surface area contributed by atoms with Crippen LogP contribution in [0, 0.1) is 58.9 Å². The molecule has 4 saturated heterocycles. The first-order chi connectivity index (χ1) is 62.8. The molecule has 4 fully saturated rings. The highest BCUT2D eigenvalue weighted by molar-refractivity contribution is 14.1. The van der Waals surface area contributed by atoms with Crippen LogP contribution in [-0.4, -0.2) is 248 Å². The van der Waals surface area contributed by atoms with Gasteiger partial charge in [-0.15, -0.1) is 0 Å². The van der Waals surface area contributed by atoms with E-state index in [0.29, 0.717) is 58.1 Å². The van der Waals surface area contributed by atoms with Crippen molar-refractivity contribution in [2.45, 2.75) is 293 Å². The minimum atomic E-state index is -2.14. The molecule has 718 valence electrons. The molecular weight excluding hydrogens is 1880 g/mol. The Balaban J connectivity index is 0.715. The summed E-state index contributed by atoms with van der Waals surface area (Å²) in [4.78, 5) is 152. The fraction of sp³-hybridized carbons (Fsp3) is 0.573. The van der Waals surface area contributed by atoms with Crippen molar-refractivity contribution in [3.8, 4) is 35.2 Å². The topological polar surface area (TPSA) is 442 Å². The predicted octanol–water partition coefficient (Wildman–Crippen LogP) is 9.70. The lowest BCUT2D eigenvalue weighted by Crippen LogP contribution is -2.64. The van der Waals surface area contributed by atoms with Crippen molar-refractivity contribution in [3.63, 3.8) is 0 Å². The summed E-state index contributed by atoms with van der Waals surface area (Å²) < 4.78 is 61.8. The number of benzene rings is 3. The molecule has 32 nitrogen and oxygen atoms in total. The number of rotatable bonds is 44. The number of Topliss-reactive ketones (excluding diaryl/α,β-unsaturated/α-hetero) is 5. The number of aliphatic hydroxyl groups is 5. The lowest BCUT2D eigenvalue weighted by molar-refractivity contribution is -0.335. The Kier molecular flexibility index (Phi) is 39.8. The molecule has 0 saturated carbocycles. The van der Waals surface area contributed by atoms with E-state index in [2.05, 4.69) is 45.1 Å². The van der Waals surface area contributed by atoms with Crippen molar-refractivity contribution in [2.75, 3.05) is 45.0 Å². The SMILES string of the molecule is COc1c(C)c(OC2OC(C)C(O)C(OC)C2O)c(I)c(C)c1C(=O)SC1C(O)CC(ONC2C(C)OC(O[C@H]3C#C/C=C\C#C[C@]4(O)CC(=O)C(CC(C)=O)=C3/C4=C/CSSC(C)(C)CCC(=O)CCCNC(=O)OCc3ccc(NC(=O)[C@H](C)CC(=O)[C@H](Cc4ccccc4)NC(=O)CCCCCN4C(=O)C=CC4=O)cc3)C(OC3CC(C)C(CC(C)=O)CO3)C2O)OC1C. The number of halogens is 1. The second kappa shape index (κ2) is 49.6. The summed E-state index contributed by atoms with van der Waals surface area (Å²) >= 11 is 2.89. The van der Waals surface area contributed by atoms with Crippen molar-refractivity contribution in [1.82, 2.24) is 21.0 Å². The lowest BCUT2D eigenvalue weighted by Gasteiger charge is -2.46. The number of amides is 5. The summed E-state index contributed by atoms with van der Waals surface area (Å²) in [5, 5.41) is 66.2. The maximum atomic E-state index is 14.6. The van der Waals surface area contributed by atoms with E-state index < -0.39 is 149 Å². The van der Waals surface area contributed by atoms with Crippen LogP contribution in [-0.2, 0) is 98.9 Å². The Hall–Kier alpha value is -8.07. The number of aliphatic hydroxyl groups excluding tert-OH is 4. The van der Waals surface area contributed by atoms with E-state index in [9.17, 15) is 78.3 Å². The summed E-state index contributed by atoms with van der Waals surface area (Å²) in [7, 11) is 5.66. The number of methoxy groups -OCH3 is 2. The number of carbonyl (C=O) groups is 11. The van der Waals surface area contributed by atoms with E-state index in [4.69, 9.17) is 52.2 Å². The van der Waals surface area contributed by atoms with Gasteiger partial charge in [0.05, 0.1) is 71.0 Å². The molecule has 17 unspecified atom stereocenters. The van der Waals surface area contributed by atoms with Crippen molar-refractivity contribution in [3.05, 3.63) is 133 Å². The van der Waals surface area contributed by atoms with Crippen LogP contribution < -0.4 is 30.9 Å². The Labute approximate surface area is 795 Å². The molecule has 7 aliphatic rings. The van der Waals surface area contributed by atoms with Crippen LogP contribution in [0.1, 0.15) is 185 Å². The highest BCUT2D eigenvalue weighted by Gasteiger charge is 2.52. The van der Waals surface area contributed by atoms with Gasteiger partial charge in [-0.3, -0.25) is 52.9 Å². The van der Waals surface area contributed by atoms with Gasteiger partial charge < -0.3 is 93.6 Å². The molecule has 0 radical (unpaired) electrons. The summed E-state index contributed by atoms with van der Waals surface area (Å²) in [6.45, 7) is 19.2. The van der Waals surface area contributed by atoms with Crippen molar-refractivity contribution < 1.29 is 130 Å². The number of hydrogen-bond acceptors (Lipinski definition) is 31. The van der Waals surface area contributed by atoms with Gasteiger partial charge in [-0.2, -0.15) is 5.48 Å². The van der Waals surface area contributed by atoms with Crippen LogP contribution in [0.3, 0.4) is 0 Å². The van der Waals surface area contributed by atoms with Crippen LogP contribution in [0.5, 0.6) is 11.5 Å². The molecule has 5 aliphatic heterocycles. The number of alkyl carbamates (subject to hydrolysis) is 1. The van der Waals surface area contributed by atoms with Gasteiger partial charge in [0.25, 0.3) is 11.8 Å². The molecular formula is C96H122IN5O27S3. The van der Waals surface area contributed by atoms with Crippen LogP contribution in [0.25, 0.3) is 0 Å². The number of imide groups is 1. The Morgan fingerprint density at radius 3 is 2.17 bits per heavy atom. The number of allylic oxidation sites excluding steroid dienone is 3. The van der Waals surface area contributed by atoms with E-state index in [1.54, 1.807) is 71.9 Å². The zero-order valence-corrected chi connectivity index (χ0v) is 81.1. The third-order valence-electron chi connectivity index (χ3n) is 24.1. The number of nitrogens with one attached hydrogen (secondary N) is 4. The smallest absolute Gasteiger partial charge is 0.407 e. The van der Waals surface area contributed by atoms with Crippen LogP contribution in [0.2, 0.25) is 0 Å². The number of thioether (sulfide) groups is 1. The number of hydrogen-bond donors (Lipinski definition) is 9. The summed E-state index contributed by atoms with van der Waals surface area (Å²) in [5.74, 6) is 8.63. The van der Waals surface area contributed by atoms with Gasteiger partial charge in [-0.1, -0.05) is 126 Å². The normalized spacial score (nSPS) is 28.1. The molecule has 3 aromatic rings. The maximum Gasteiger partial charge on any atom is 0.407 e. The van der Waals surface area contributed by atoms with E-state index in [1.165, 1.54) is 74.0 Å². The predicted molar refractivity (Wildman–Crippen MR) is 500 cm³/mol. The quantitative estimate of drug-likeness (QED) is 0.00634. The lowest BCUT2D eigenvalue weighted by atomic mass is 9.72. The molecule has 3 aromatic carbocycles. The van der Waals surface area contributed by atoms with Crippen LogP contribution in [0.4, 0.5) is 10.5 Å². The summed E-state index contributed by atoms with van der Waals surface area (Å²) in [6, 6.07) is 13.8. The fourth-order valence-electron chi connectivity index (χ4n) is 16.5. The van der Waals surface area contributed by atoms with E-state index in [0.717, 1.165) is 22.2 Å². The molecule has 10 rings (SSSR count). The average Bonchev–Trinajstić information content (AvgIpc) is 0.853. The Morgan fingerprint density at radius 1 is 0.773 bits per heavy atom. The van der Waals surface area contributed by atoms with Gasteiger partial charge in [0.15, 0.2) is 36.0 Å². The van der Waals surface area contributed by atoms with Gasteiger partial charge in [-0.25, -0.2) is 4.79 Å². The van der Waals surface area contributed by atoms with Gasteiger partial charge in [0, 0.05) is 128 Å². The second-order valence-corrected chi connectivity index (χ2v) is 40.3. The molecule has 36 heteroatoms. The van der Waals surface area contributed by atoms with Crippen molar-refractivity contribution in [2.24, 2.45) is 17.8 Å². The average molecular weight is 2000 g/mol. The highest BCUT2D eigenvalue weighted by atomic mass is 127. The monoisotopic (exact) mass is 2000 g/mol. The number of fused-ring (bicyclic) bond motifs is 2. The van der Waals surface area contributed by atoms with E-state index >= 15 is 0 Å². The third kappa shape index (κ3) is 29.0. The first-order valence-corrected chi connectivity index (χ1v) is 48.7. The number of ketones is 5. The second-order valence-electron chi connectivity index (χ2n) is 35.0. The van der Waals surface area contributed by atoms with E-state index in [1.807, 2.05) is 73.7 Å². The Morgan fingerprint density at radius 2 is 1.48 bits per heavy atom. The molecule has 0 spiro atoms. The first kappa shape index (κ1) is 106. The zero-order chi connectivity index (χ0) is 96.0. The first-order valence-electron chi connectivity index (χ1n) is 44.5. The van der Waals surface area contributed by atoms with Gasteiger partial charge in [0.2, 0.25) is 23.2 Å². The fourth-order valence-corrected chi connectivity index (χ4v) is 20.9. The highest BCUT2D eigenvalue weighted by Crippen LogP contribution is 2.47. The molecule has 9 N–H and O–H groups in total. The number of unbranched alkanes of at least 4 members (excludes halogenated alkanes) is 2. The largest absolute Gasteiger partial charge is 0.496 e. The maximum absolute atomic E-state index is 14.6. The van der Waals surface area contributed by atoms with Gasteiger partial charge >= 0.3 is 6.09 Å². The minimum Gasteiger partial charge on any atom is -0.496 e. The van der Waals surface area contributed by atoms with Crippen molar-refractivity contribution >= 4 is 125 Å². The van der Waals surface area contributed by atoms with Gasteiger partial charge in [0.1, 0.15) is 72.1 Å². The summed E-state index contributed by atoms with van der Waals surface area (Å²) in [6.07, 6.45) is -7.88. The molecule has 132 heavy (non-hydrogen) atoms.